The molecule has 0 aromatic carbocycles. The monoisotopic (exact) mass is 311 g/mol. The highest BCUT2D eigenvalue weighted by Crippen LogP contribution is 2.40. The molecule has 2 atom stereocenters. The molecule has 23 heavy (non-hydrogen) atoms. The Kier molecular flexibility index (Phi) is 3.67. The lowest BCUT2D eigenvalue weighted by Gasteiger charge is -2.16. The number of anilines is 1. The van der Waals surface area contributed by atoms with Crippen LogP contribution in [-0.4, -0.2) is 28.3 Å². The molecular weight excluding hydrogens is 294 g/mol. The second-order valence-corrected chi connectivity index (χ2v) is 6.02. The van der Waals surface area contributed by atoms with Gasteiger partial charge >= 0.3 is 0 Å². The first-order valence-electron chi connectivity index (χ1n) is 7.88. The van der Waals surface area contributed by atoms with Gasteiger partial charge in [0.05, 0.1) is 17.4 Å². The van der Waals surface area contributed by atoms with E-state index in [0.717, 1.165) is 30.8 Å². The summed E-state index contributed by atoms with van der Waals surface area (Å²) in [6.07, 6.45) is 6.32. The smallest absolute Gasteiger partial charge is 0.256 e. The highest BCUT2D eigenvalue weighted by molar-refractivity contribution is 5.55. The number of aromatic nitrogens is 3. The van der Waals surface area contributed by atoms with E-state index in [4.69, 9.17) is 14.5 Å². The molecule has 118 valence electrons. The molecule has 0 unspecified atom stereocenters. The lowest BCUT2D eigenvalue weighted by Crippen LogP contribution is -2.18. The molecule has 2 fully saturated rings. The predicted molar refractivity (Wildman–Crippen MR) is 80.5 cm³/mol. The van der Waals surface area contributed by atoms with Crippen LogP contribution in [0.1, 0.15) is 48.6 Å². The summed E-state index contributed by atoms with van der Waals surface area (Å²) < 4.78 is 11.2. The summed E-state index contributed by atoms with van der Waals surface area (Å²) in [6, 6.07) is 3.86. The Morgan fingerprint density at radius 3 is 3.09 bits per heavy atom. The number of hydrogen-bond acceptors (Lipinski definition) is 7. The van der Waals surface area contributed by atoms with Gasteiger partial charge in [-0.15, -0.1) is 0 Å². The van der Waals surface area contributed by atoms with E-state index in [-0.39, 0.29) is 12.0 Å². The van der Waals surface area contributed by atoms with Crippen LogP contribution >= 0.6 is 0 Å². The van der Waals surface area contributed by atoms with E-state index >= 15 is 0 Å². The van der Waals surface area contributed by atoms with Gasteiger partial charge in [-0.3, -0.25) is 4.98 Å². The standard InChI is InChI=1S/C16H17N5O2/c17-7-11-3-5-18-9-13(11)19-8-12-4-6-22-14(12)16-20-15(21-23-16)10-1-2-10/h3,5,9-10,12,14,19H,1-2,4,6,8H2/t12-,14-/m0/s1. The number of pyridine rings is 1. The highest BCUT2D eigenvalue weighted by atomic mass is 16.5. The summed E-state index contributed by atoms with van der Waals surface area (Å²) in [5.74, 6) is 2.08. The Balaban J connectivity index is 1.44. The van der Waals surface area contributed by atoms with Crippen molar-refractivity contribution in [3.63, 3.8) is 0 Å². The molecule has 0 spiro atoms. The first-order valence-corrected chi connectivity index (χ1v) is 7.88. The van der Waals surface area contributed by atoms with Crippen molar-refractivity contribution in [1.29, 1.82) is 5.26 Å². The van der Waals surface area contributed by atoms with E-state index in [2.05, 4.69) is 26.5 Å². The minimum absolute atomic E-state index is 0.176. The van der Waals surface area contributed by atoms with Crippen LogP contribution in [0.25, 0.3) is 0 Å². The average molecular weight is 311 g/mol. The summed E-state index contributed by atoms with van der Waals surface area (Å²) in [7, 11) is 0. The van der Waals surface area contributed by atoms with Crippen LogP contribution in [0.2, 0.25) is 0 Å². The summed E-state index contributed by atoms with van der Waals surface area (Å²) in [6.45, 7) is 1.35. The van der Waals surface area contributed by atoms with Crippen molar-refractivity contribution >= 4 is 5.69 Å². The van der Waals surface area contributed by atoms with Gasteiger partial charge in [-0.25, -0.2) is 0 Å². The van der Waals surface area contributed by atoms with Gasteiger partial charge in [-0.1, -0.05) is 5.16 Å². The maximum atomic E-state index is 9.13. The lowest BCUT2D eigenvalue weighted by atomic mass is 10.0. The van der Waals surface area contributed by atoms with Crippen molar-refractivity contribution in [3.05, 3.63) is 35.7 Å². The minimum Gasteiger partial charge on any atom is -0.382 e. The van der Waals surface area contributed by atoms with Gasteiger partial charge in [-0.05, 0) is 25.3 Å². The molecule has 1 saturated heterocycles. The van der Waals surface area contributed by atoms with Gasteiger partial charge in [0.25, 0.3) is 5.89 Å². The van der Waals surface area contributed by atoms with Gasteiger partial charge in [0.15, 0.2) is 5.82 Å². The number of ether oxygens (including phenoxy) is 1. The summed E-state index contributed by atoms with van der Waals surface area (Å²) in [5.41, 5.74) is 1.33. The molecule has 0 bridgehead atoms. The quantitative estimate of drug-likeness (QED) is 0.905. The highest BCUT2D eigenvalue weighted by Gasteiger charge is 2.36. The topological polar surface area (TPSA) is 96.9 Å². The third kappa shape index (κ3) is 2.90. The second kappa shape index (κ2) is 5.97. The maximum Gasteiger partial charge on any atom is 0.256 e. The molecular formula is C16H17N5O2. The molecule has 0 radical (unpaired) electrons. The second-order valence-electron chi connectivity index (χ2n) is 6.02. The Morgan fingerprint density at radius 1 is 1.35 bits per heavy atom. The Bertz CT molecular complexity index is 734. The van der Waals surface area contributed by atoms with Gasteiger partial charge in [0.1, 0.15) is 12.2 Å². The zero-order valence-corrected chi connectivity index (χ0v) is 12.6. The van der Waals surface area contributed by atoms with E-state index in [1.807, 2.05) is 0 Å². The summed E-state index contributed by atoms with van der Waals surface area (Å²) in [4.78, 5) is 8.56. The molecule has 0 amide bonds. The third-order valence-corrected chi connectivity index (χ3v) is 4.35. The molecule has 1 N–H and O–H groups in total. The zero-order chi connectivity index (χ0) is 15.6. The van der Waals surface area contributed by atoms with E-state index in [1.165, 1.54) is 0 Å². The van der Waals surface area contributed by atoms with E-state index in [1.54, 1.807) is 18.5 Å². The van der Waals surface area contributed by atoms with Crippen LogP contribution in [0, 0.1) is 17.2 Å². The van der Waals surface area contributed by atoms with Crippen molar-refractivity contribution in [2.45, 2.75) is 31.3 Å². The van der Waals surface area contributed by atoms with Crippen molar-refractivity contribution in [1.82, 2.24) is 15.1 Å². The van der Waals surface area contributed by atoms with E-state index in [9.17, 15) is 0 Å². The van der Waals surface area contributed by atoms with Crippen molar-refractivity contribution in [2.75, 3.05) is 18.5 Å². The number of nitriles is 1. The molecule has 2 aromatic heterocycles. The molecule has 7 heteroatoms. The van der Waals surface area contributed by atoms with E-state index in [0.29, 0.717) is 30.5 Å². The van der Waals surface area contributed by atoms with Gasteiger partial charge in [0, 0.05) is 31.2 Å². The molecule has 4 rings (SSSR count). The van der Waals surface area contributed by atoms with Gasteiger partial charge < -0.3 is 14.6 Å². The molecule has 3 heterocycles. The number of hydrogen-bond donors (Lipinski definition) is 1. The van der Waals surface area contributed by atoms with Crippen LogP contribution in [-0.2, 0) is 4.74 Å². The fourth-order valence-corrected chi connectivity index (χ4v) is 2.86. The Labute approximate surface area is 133 Å². The lowest BCUT2D eigenvalue weighted by molar-refractivity contribution is 0.0650. The fourth-order valence-electron chi connectivity index (χ4n) is 2.86. The normalized spacial score (nSPS) is 23.6. The Morgan fingerprint density at radius 2 is 2.26 bits per heavy atom. The van der Waals surface area contributed by atoms with Gasteiger partial charge in [-0.2, -0.15) is 10.2 Å². The van der Waals surface area contributed by atoms with Crippen LogP contribution in [0.3, 0.4) is 0 Å². The Hall–Kier alpha value is -2.46. The van der Waals surface area contributed by atoms with Crippen LogP contribution in [0.5, 0.6) is 0 Å². The summed E-state index contributed by atoms with van der Waals surface area (Å²) in [5, 5.41) is 16.5. The molecule has 1 aliphatic carbocycles. The molecule has 2 aromatic rings. The largest absolute Gasteiger partial charge is 0.382 e. The van der Waals surface area contributed by atoms with Crippen molar-refractivity contribution in [3.8, 4) is 6.07 Å². The molecule has 2 aliphatic rings. The maximum absolute atomic E-state index is 9.13. The van der Waals surface area contributed by atoms with Crippen molar-refractivity contribution < 1.29 is 9.26 Å². The van der Waals surface area contributed by atoms with Gasteiger partial charge in [0.2, 0.25) is 0 Å². The summed E-state index contributed by atoms with van der Waals surface area (Å²) >= 11 is 0. The molecule has 7 nitrogen and oxygen atoms in total. The third-order valence-electron chi connectivity index (χ3n) is 4.35. The first-order chi connectivity index (χ1) is 11.3. The number of nitrogens with one attached hydrogen (secondary N) is 1. The fraction of sp³-hybridized carbons (Fsp3) is 0.500. The van der Waals surface area contributed by atoms with Crippen LogP contribution in [0.15, 0.2) is 23.0 Å². The van der Waals surface area contributed by atoms with Crippen LogP contribution in [0.4, 0.5) is 5.69 Å². The average Bonchev–Trinajstić information content (AvgIpc) is 3.14. The predicted octanol–water partition coefficient (Wildman–Crippen LogP) is 2.40. The zero-order valence-electron chi connectivity index (χ0n) is 12.6. The SMILES string of the molecule is N#Cc1ccncc1NC[C@@H]1CCO[C@@H]1c1nc(C2CC2)no1. The van der Waals surface area contributed by atoms with Crippen LogP contribution < -0.4 is 5.32 Å². The first kappa shape index (κ1) is 14.2. The minimum atomic E-state index is -0.176. The number of rotatable bonds is 5. The van der Waals surface area contributed by atoms with Crippen molar-refractivity contribution in [2.24, 2.45) is 5.92 Å². The number of nitrogens with zero attached hydrogens (tertiary/aromatic N) is 4. The molecule has 1 saturated carbocycles. The van der Waals surface area contributed by atoms with E-state index < -0.39 is 0 Å². The molecule has 1 aliphatic heterocycles.